The molecule has 16 heavy (non-hydrogen) atoms. The highest BCUT2D eigenvalue weighted by molar-refractivity contribution is 5.84. The highest BCUT2D eigenvalue weighted by Gasteiger charge is 1.95. The van der Waals surface area contributed by atoms with E-state index in [1.807, 2.05) is 19.9 Å². The molecular weight excluding hydrogens is 196 g/mol. The van der Waals surface area contributed by atoms with Crippen molar-refractivity contribution in [3.8, 4) is 5.75 Å². The zero-order valence-corrected chi connectivity index (χ0v) is 9.87. The van der Waals surface area contributed by atoms with E-state index in [4.69, 9.17) is 4.74 Å². The van der Waals surface area contributed by atoms with Crippen molar-refractivity contribution in [1.82, 2.24) is 0 Å². The number of hydrogen-bond donors (Lipinski definition) is 0. The van der Waals surface area contributed by atoms with Crippen LogP contribution in [0.4, 0.5) is 0 Å². The van der Waals surface area contributed by atoms with Gasteiger partial charge in [-0.05, 0) is 29.8 Å². The smallest absolute Gasteiger partial charge is 0.119 e. The van der Waals surface area contributed by atoms with Crippen molar-refractivity contribution in [2.75, 3.05) is 7.11 Å². The number of fused-ring (bicyclic) bond motifs is 1. The molecule has 0 aliphatic rings. The number of methoxy groups -OCH3 is 1. The van der Waals surface area contributed by atoms with Gasteiger partial charge in [0.25, 0.3) is 0 Å². The van der Waals surface area contributed by atoms with Crippen molar-refractivity contribution in [3.05, 3.63) is 42.0 Å². The lowest BCUT2D eigenvalue weighted by molar-refractivity contribution is 0.415. The third kappa shape index (κ3) is 3.27. The summed E-state index contributed by atoms with van der Waals surface area (Å²) < 4.78 is 5.15. The predicted molar refractivity (Wildman–Crippen MR) is 73.3 cm³/mol. The lowest BCUT2D eigenvalue weighted by Crippen LogP contribution is -1.82. The first-order valence-electron chi connectivity index (χ1n) is 5.34. The molecule has 0 fully saturated rings. The van der Waals surface area contributed by atoms with E-state index in [1.54, 1.807) is 7.11 Å². The van der Waals surface area contributed by atoms with Gasteiger partial charge < -0.3 is 4.74 Å². The maximum Gasteiger partial charge on any atom is 0.119 e. The quantitative estimate of drug-likeness (QED) is 0.667. The van der Waals surface area contributed by atoms with Gasteiger partial charge in [0, 0.05) is 0 Å². The van der Waals surface area contributed by atoms with Gasteiger partial charge in [0.2, 0.25) is 0 Å². The summed E-state index contributed by atoms with van der Waals surface area (Å²) in [5.74, 6) is 0.913. The van der Waals surface area contributed by atoms with E-state index in [9.17, 15) is 0 Å². The Labute approximate surface area is 99.1 Å². The maximum atomic E-state index is 5.15. The fourth-order valence-electron chi connectivity index (χ4n) is 1.47. The fourth-order valence-corrected chi connectivity index (χ4v) is 1.47. The van der Waals surface area contributed by atoms with Gasteiger partial charge in [0.15, 0.2) is 0 Å². The van der Waals surface area contributed by atoms with Crippen molar-refractivity contribution in [2.24, 2.45) is 0 Å². The topological polar surface area (TPSA) is 9.23 Å². The van der Waals surface area contributed by atoms with Gasteiger partial charge in [-0.3, -0.25) is 0 Å². The lowest BCUT2D eigenvalue weighted by atomic mass is 10.1. The number of rotatable bonds is 1. The molecule has 0 bridgehead atoms. The second-order valence-electron chi connectivity index (χ2n) is 3.22. The van der Waals surface area contributed by atoms with Gasteiger partial charge in [0.1, 0.15) is 5.75 Å². The molecule has 0 amide bonds. The Morgan fingerprint density at radius 1 is 0.875 bits per heavy atom. The molecule has 0 saturated carbocycles. The molecule has 2 aromatic carbocycles. The largest absolute Gasteiger partial charge is 0.497 e. The summed E-state index contributed by atoms with van der Waals surface area (Å²) >= 11 is 0. The Bertz CT molecular complexity index is 432. The van der Waals surface area contributed by atoms with Crippen molar-refractivity contribution >= 4 is 10.8 Å². The van der Waals surface area contributed by atoms with Crippen molar-refractivity contribution in [3.63, 3.8) is 0 Å². The molecule has 2 rings (SSSR count). The minimum atomic E-state index is 0. The molecule has 0 atom stereocenters. The summed E-state index contributed by atoms with van der Waals surface area (Å²) in [6, 6.07) is 12.5. The van der Waals surface area contributed by atoms with E-state index in [1.165, 1.54) is 16.3 Å². The van der Waals surface area contributed by atoms with Crippen LogP contribution in [0.5, 0.6) is 5.75 Å². The molecule has 0 heterocycles. The van der Waals surface area contributed by atoms with Gasteiger partial charge >= 0.3 is 0 Å². The van der Waals surface area contributed by atoms with Crippen molar-refractivity contribution < 1.29 is 4.74 Å². The highest BCUT2D eigenvalue weighted by Crippen LogP contribution is 2.21. The van der Waals surface area contributed by atoms with E-state index in [0.717, 1.165) is 5.75 Å². The van der Waals surface area contributed by atoms with E-state index >= 15 is 0 Å². The molecule has 2 aromatic rings. The van der Waals surface area contributed by atoms with Crippen LogP contribution in [0.1, 0.15) is 26.8 Å². The van der Waals surface area contributed by atoms with Gasteiger partial charge in [-0.2, -0.15) is 0 Å². The minimum absolute atomic E-state index is 0. The van der Waals surface area contributed by atoms with Crippen molar-refractivity contribution in [1.29, 1.82) is 0 Å². The standard InChI is InChI=1S/C12H12O.C2H6.CH4/c1-9-3-4-11-8-12(13-2)6-5-10(11)7-9;1-2;/h3-8H,1-2H3;1-2H3;1H4. The third-order valence-electron chi connectivity index (χ3n) is 2.20. The van der Waals surface area contributed by atoms with Crippen LogP contribution in [0.2, 0.25) is 0 Å². The highest BCUT2D eigenvalue weighted by atomic mass is 16.5. The second kappa shape index (κ2) is 6.89. The van der Waals surface area contributed by atoms with E-state index in [0.29, 0.717) is 0 Å². The summed E-state index contributed by atoms with van der Waals surface area (Å²) in [5.41, 5.74) is 1.29. The van der Waals surface area contributed by atoms with Crippen LogP contribution in [0.25, 0.3) is 10.8 Å². The van der Waals surface area contributed by atoms with Crippen LogP contribution in [0, 0.1) is 6.92 Å². The first-order valence-corrected chi connectivity index (χ1v) is 5.34. The van der Waals surface area contributed by atoms with Crippen molar-refractivity contribution in [2.45, 2.75) is 28.2 Å². The number of hydrogen-bond acceptors (Lipinski definition) is 1. The number of ether oxygens (including phenoxy) is 1. The molecule has 1 nitrogen and oxygen atoms in total. The summed E-state index contributed by atoms with van der Waals surface area (Å²) in [4.78, 5) is 0. The Morgan fingerprint density at radius 3 is 2.06 bits per heavy atom. The zero-order chi connectivity index (χ0) is 11.3. The molecular formula is C15H22O. The summed E-state index contributed by atoms with van der Waals surface area (Å²) in [7, 11) is 1.69. The predicted octanol–water partition coefficient (Wildman–Crippen LogP) is 4.82. The molecule has 0 radical (unpaired) electrons. The summed E-state index contributed by atoms with van der Waals surface area (Å²) in [6.45, 7) is 6.10. The first kappa shape index (κ1) is 14.5. The van der Waals surface area contributed by atoms with E-state index < -0.39 is 0 Å². The Morgan fingerprint density at radius 2 is 1.44 bits per heavy atom. The Kier molecular flexibility index (Phi) is 6.24. The van der Waals surface area contributed by atoms with Crippen LogP contribution >= 0.6 is 0 Å². The maximum absolute atomic E-state index is 5.15. The monoisotopic (exact) mass is 218 g/mol. The molecule has 1 heteroatoms. The fraction of sp³-hybridized carbons (Fsp3) is 0.333. The third-order valence-corrected chi connectivity index (χ3v) is 2.20. The molecule has 0 aliphatic heterocycles. The average Bonchev–Trinajstić information content (AvgIpc) is 2.31. The first-order chi connectivity index (χ1) is 7.29. The molecule has 0 aromatic heterocycles. The van der Waals surface area contributed by atoms with Gasteiger partial charge in [-0.15, -0.1) is 0 Å². The van der Waals surface area contributed by atoms with Crippen LogP contribution in [0.15, 0.2) is 36.4 Å². The van der Waals surface area contributed by atoms with Gasteiger partial charge in [-0.1, -0.05) is 51.1 Å². The molecule has 0 aliphatic carbocycles. The number of aryl methyl sites for hydroxylation is 1. The average molecular weight is 218 g/mol. The molecule has 0 N–H and O–H groups in total. The second-order valence-corrected chi connectivity index (χ2v) is 3.22. The normalized spacial score (nSPS) is 8.75. The Balaban J connectivity index is 0.000000711. The molecule has 0 saturated heterocycles. The number of benzene rings is 2. The van der Waals surface area contributed by atoms with Crippen LogP contribution < -0.4 is 4.74 Å². The molecule has 0 spiro atoms. The van der Waals surface area contributed by atoms with Crippen LogP contribution in [0.3, 0.4) is 0 Å². The molecule has 88 valence electrons. The summed E-state index contributed by atoms with van der Waals surface area (Å²) in [6.07, 6.45) is 0. The van der Waals surface area contributed by atoms with Crippen LogP contribution in [-0.4, -0.2) is 7.11 Å². The van der Waals surface area contributed by atoms with E-state index in [2.05, 4.69) is 37.3 Å². The Hall–Kier alpha value is -1.50. The van der Waals surface area contributed by atoms with E-state index in [-0.39, 0.29) is 7.43 Å². The minimum Gasteiger partial charge on any atom is -0.497 e. The van der Waals surface area contributed by atoms with Gasteiger partial charge in [0.05, 0.1) is 7.11 Å². The SMILES string of the molecule is C.CC.COc1ccc2cc(C)ccc2c1. The van der Waals surface area contributed by atoms with Crippen LogP contribution in [-0.2, 0) is 0 Å². The lowest BCUT2D eigenvalue weighted by Gasteiger charge is -2.02. The van der Waals surface area contributed by atoms with Gasteiger partial charge in [-0.25, -0.2) is 0 Å². The summed E-state index contributed by atoms with van der Waals surface area (Å²) in [5, 5.41) is 2.49. The zero-order valence-electron chi connectivity index (χ0n) is 9.87. The molecule has 0 unspecified atom stereocenters.